The Morgan fingerprint density at radius 1 is 0.912 bits per heavy atom. The zero-order valence-electron chi connectivity index (χ0n) is 18.3. The first-order chi connectivity index (χ1) is 16.4. The van der Waals surface area contributed by atoms with Gasteiger partial charge in [0.15, 0.2) is 11.5 Å². The monoisotopic (exact) mass is 501 g/mol. The summed E-state index contributed by atoms with van der Waals surface area (Å²) in [6.07, 6.45) is 1.40. The van der Waals surface area contributed by atoms with Gasteiger partial charge in [-0.2, -0.15) is 5.10 Å². The summed E-state index contributed by atoms with van der Waals surface area (Å²) in [6.45, 7) is 0.286. The van der Waals surface area contributed by atoms with Crippen LogP contribution in [0.2, 0.25) is 10.0 Å². The molecule has 0 bridgehead atoms. The Bertz CT molecular complexity index is 1200. The van der Waals surface area contributed by atoms with Crippen LogP contribution in [-0.2, 0) is 16.2 Å². The molecule has 3 aromatic carbocycles. The van der Waals surface area contributed by atoms with Crippen molar-refractivity contribution < 1.29 is 23.8 Å². The lowest BCUT2D eigenvalue weighted by Gasteiger charge is -2.10. The summed E-state index contributed by atoms with van der Waals surface area (Å²) in [4.78, 5) is 24.1. The van der Waals surface area contributed by atoms with E-state index in [-0.39, 0.29) is 6.61 Å². The molecule has 0 heterocycles. The van der Waals surface area contributed by atoms with Crippen LogP contribution in [-0.4, -0.2) is 32.2 Å². The van der Waals surface area contributed by atoms with Gasteiger partial charge in [-0.1, -0.05) is 29.3 Å². The van der Waals surface area contributed by atoms with E-state index in [0.29, 0.717) is 38.5 Å². The Morgan fingerprint density at radius 3 is 2.32 bits per heavy atom. The van der Waals surface area contributed by atoms with Gasteiger partial charge < -0.3 is 19.5 Å². The van der Waals surface area contributed by atoms with Crippen molar-refractivity contribution in [2.24, 2.45) is 5.10 Å². The smallest absolute Gasteiger partial charge is 0.329 e. The normalized spacial score (nSPS) is 10.6. The maximum Gasteiger partial charge on any atom is 0.329 e. The van der Waals surface area contributed by atoms with Crippen molar-refractivity contribution >= 4 is 46.9 Å². The average Bonchev–Trinajstić information content (AvgIpc) is 2.84. The Balaban J connectivity index is 1.49. The quantitative estimate of drug-likeness (QED) is 0.265. The Labute approximate surface area is 206 Å². The lowest BCUT2D eigenvalue weighted by Crippen LogP contribution is -2.32. The molecule has 8 nitrogen and oxygen atoms in total. The number of nitrogens with one attached hydrogen (secondary N) is 2. The fourth-order valence-electron chi connectivity index (χ4n) is 2.77. The average molecular weight is 502 g/mol. The molecule has 2 amide bonds. The molecule has 0 aliphatic carbocycles. The molecule has 0 unspecified atom stereocenters. The lowest BCUT2D eigenvalue weighted by atomic mass is 10.2. The van der Waals surface area contributed by atoms with E-state index < -0.39 is 11.8 Å². The molecule has 0 spiro atoms. The van der Waals surface area contributed by atoms with Crippen molar-refractivity contribution in [3.63, 3.8) is 0 Å². The van der Waals surface area contributed by atoms with E-state index >= 15 is 0 Å². The van der Waals surface area contributed by atoms with Crippen LogP contribution in [0, 0.1) is 0 Å². The molecule has 0 aromatic heterocycles. The van der Waals surface area contributed by atoms with Gasteiger partial charge in [-0.05, 0) is 54.1 Å². The first-order valence-electron chi connectivity index (χ1n) is 9.93. The van der Waals surface area contributed by atoms with Crippen molar-refractivity contribution in [2.75, 3.05) is 19.5 Å². The highest BCUT2D eigenvalue weighted by atomic mass is 35.5. The number of anilines is 1. The molecule has 0 aliphatic heterocycles. The Kier molecular flexibility index (Phi) is 8.73. The second-order valence-corrected chi connectivity index (χ2v) is 7.66. The van der Waals surface area contributed by atoms with Gasteiger partial charge >= 0.3 is 11.8 Å². The van der Waals surface area contributed by atoms with E-state index in [2.05, 4.69) is 15.8 Å². The minimum absolute atomic E-state index is 0.286. The molecule has 2 N–H and O–H groups in total. The van der Waals surface area contributed by atoms with Crippen molar-refractivity contribution in [1.82, 2.24) is 5.43 Å². The first-order valence-corrected chi connectivity index (χ1v) is 10.7. The van der Waals surface area contributed by atoms with Crippen LogP contribution in [0.3, 0.4) is 0 Å². The number of carbonyl (C=O) groups is 2. The maximum atomic E-state index is 12.1. The summed E-state index contributed by atoms with van der Waals surface area (Å²) in [5.74, 6) is -0.261. The third kappa shape index (κ3) is 6.87. The topological polar surface area (TPSA) is 98.2 Å². The van der Waals surface area contributed by atoms with Gasteiger partial charge in [0.05, 0.1) is 20.4 Å². The number of hydrazone groups is 1. The fraction of sp³-hybridized carbons (Fsp3) is 0.125. The lowest BCUT2D eigenvalue weighted by molar-refractivity contribution is -0.136. The molecule has 176 valence electrons. The predicted molar refractivity (Wildman–Crippen MR) is 131 cm³/mol. The van der Waals surface area contributed by atoms with Gasteiger partial charge in [0.1, 0.15) is 12.4 Å². The summed E-state index contributed by atoms with van der Waals surface area (Å²) in [5.41, 5.74) is 4.06. The summed E-state index contributed by atoms with van der Waals surface area (Å²) < 4.78 is 16.0. The number of nitrogens with zero attached hydrogens (tertiary/aromatic N) is 1. The molecular formula is C24H21Cl2N3O5. The van der Waals surface area contributed by atoms with Crippen LogP contribution in [0.25, 0.3) is 0 Å². The number of halogens is 2. The SMILES string of the molecule is COc1ccc(NC(=O)C(=O)N/N=C\c2ccc(OCc3ccc(Cl)cc3Cl)cc2)cc1OC. The van der Waals surface area contributed by atoms with Crippen LogP contribution in [0.1, 0.15) is 11.1 Å². The van der Waals surface area contributed by atoms with Crippen molar-refractivity contribution in [3.05, 3.63) is 81.8 Å². The first kappa shape index (κ1) is 24.9. The summed E-state index contributed by atoms with van der Waals surface area (Å²) in [5, 5.41) is 7.36. The second kappa shape index (κ2) is 11.9. The number of carbonyl (C=O) groups excluding carboxylic acids is 2. The molecule has 0 aliphatic rings. The molecule has 3 aromatic rings. The summed E-state index contributed by atoms with van der Waals surface area (Å²) in [6, 6.07) is 16.9. The molecule has 0 radical (unpaired) electrons. The highest BCUT2D eigenvalue weighted by molar-refractivity contribution is 6.39. The number of ether oxygens (including phenoxy) is 3. The summed E-state index contributed by atoms with van der Waals surface area (Å²) in [7, 11) is 2.97. The molecule has 34 heavy (non-hydrogen) atoms. The third-order valence-corrected chi connectivity index (χ3v) is 5.10. The van der Waals surface area contributed by atoms with Gasteiger partial charge in [-0.25, -0.2) is 5.43 Å². The molecular weight excluding hydrogens is 481 g/mol. The van der Waals surface area contributed by atoms with E-state index in [1.807, 2.05) is 0 Å². The van der Waals surface area contributed by atoms with Gasteiger partial charge in [-0.15, -0.1) is 0 Å². The van der Waals surface area contributed by atoms with Crippen molar-refractivity contribution in [2.45, 2.75) is 6.61 Å². The van der Waals surface area contributed by atoms with Gasteiger partial charge in [0.2, 0.25) is 0 Å². The van der Waals surface area contributed by atoms with Gasteiger partial charge in [0.25, 0.3) is 0 Å². The van der Waals surface area contributed by atoms with E-state index in [9.17, 15) is 9.59 Å². The Morgan fingerprint density at radius 2 is 1.65 bits per heavy atom. The third-order valence-electron chi connectivity index (χ3n) is 4.52. The molecule has 0 fully saturated rings. The zero-order valence-corrected chi connectivity index (χ0v) is 19.8. The van der Waals surface area contributed by atoms with Gasteiger partial charge in [0, 0.05) is 27.4 Å². The number of hydrogen-bond acceptors (Lipinski definition) is 6. The Hall–Kier alpha value is -3.75. The number of rotatable bonds is 8. The minimum atomic E-state index is -0.925. The van der Waals surface area contributed by atoms with E-state index in [0.717, 1.165) is 5.56 Å². The molecule has 0 saturated carbocycles. The zero-order chi connectivity index (χ0) is 24.5. The van der Waals surface area contributed by atoms with Gasteiger partial charge in [-0.3, -0.25) is 9.59 Å². The molecule has 10 heteroatoms. The van der Waals surface area contributed by atoms with Crippen molar-refractivity contribution in [1.29, 1.82) is 0 Å². The predicted octanol–water partition coefficient (Wildman–Crippen LogP) is 4.68. The van der Waals surface area contributed by atoms with E-state index in [1.54, 1.807) is 54.6 Å². The van der Waals surface area contributed by atoms with Crippen LogP contribution < -0.4 is 25.0 Å². The van der Waals surface area contributed by atoms with E-state index in [1.165, 1.54) is 26.5 Å². The fourth-order valence-corrected chi connectivity index (χ4v) is 3.23. The summed E-state index contributed by atoms with van der Waals surface area (Å²) >= 11 is 12.0. The number of amides is 2. The molecule has 0 saturated heterocycles. The number of benzene rings is 3. The van der Waals surface area contributed by atoms with Crippen molar-refractivity contribution in [3.8, 4) is 17.2 Å². The molecule has 3 rings (SSSR count). The highest BCUT2D eigenvalue weighted by Crippen LogP contribution is 2.29. The standard InChI is InChI=1S/C24H21Cl2N3O5/c1-32-21-10-7-18(12-22(21)33-2)28-23(30)24(31)29-27-13-15-3-8-19(9-4-15)34-14-16-5-6-17(25)11-20(16)26/h3-13H,14H2,1-2H3,(H,28,30)(H,29,31)/b27-13-. The number of hydrogen-bond donors (Lipinski definition) is 2. The van der Waals surface area contributed by atoms with Crippen LogP contribution in [0.15, 0.2) is 65.8 Å². The minimum Gasteiger partial charge on any atom is -0.493 e. The highest BCUT2D eigenvalue weighted by Gasteiger charge is 2.14. The van der Waals surface area contributed by atoms with Crippen LogP contribution >= 0.6 is 23.2 Å². The molecule has 0 atom stereocenters. The van der Waals surface area contributed by atoms with Crippen LogP contribution in [0.5, 0.6) is 17.2 Å². The maximum absolute atomic E-state index is 12.1. The van der Waals surface area contributed by atoms with E-state index in [4.69, 9.17) is 37.4 Å². The van der Waals surface area contributed by atoms with Crippen LogP contribution in [0.4, 0.5) is 5.69 Å². The number of methoxy groups -OCH3 is 2. The second-order valence-electron chi connectivity index (χ2n) is 6.82. The largest absolute Gasteiger partial charge is 0.493 e.